The summed E-state index contributed by atoms with van der Waals surface area (Å²) in [4.78, 5) is 13.9. The van der Waals surface area contributed by atoms with E-state index in [4.69, 9.17) is 22.1 Å². The van der Waals surface area contributed by atoms with E-state index < -0.39 is 5.97 Å². The highest BCUT2D eigenvalue weighted by Gasteiger charge is 2.27. The zero-order valence-corrected chi connectivity index (χ0v) is 15.8. The molecule has 1 aromatic rings. The van der Waals surface area contributed by atoms with E-state index in [2.05, 4.69) is 11.8 Å². The number of likely N-dealkylation sites (tertiary alicyclic amines) is 1. The lowest BCUT2D eigenvalue weighted by Gasteiger charge is -2.19. The second-order valence-corrected chi connectivity index (χ2v) is 6.56. The molecule has 1 unspecified atom stereocenters. The van der Waals surface area contributed by atoms with Gasteiger partial charge in [-0.25, -0.2) is 4.79 Å². The monoisotopic (exact) mass is 376 g/mol. The lowest BCUT2D eigenvalue weighted by Crippen LogP contribution is -2.22. The van der Waals surface area contributed by atoms with Crippen LogP contribution in [0.2, 0.25) is 5.02 Å². The van der Waals surface area contributed by atoms with Crippen molar-refractivity contribution in [3.63, 3.8) is 0 Å². The van der Waals surface area contributed by atoms with Crippen molar-refractivity contribution in [2.24, 2.45) is 5.92 Å². The van der Waals surface area contributed by atoms with Crippen molar-refractivity contribution in [2.75, 3.05) is 32.5 Å². The fraction of sp³-hybridized carbons (Fsp3) is 0.588. The standard InChI is InChI=1S/C17H25ClN2O3.ClH/c1-3-4-6-20-7-5-11(10-20)8-12-15(19)14(18)9-13(17(21)22)16(12)23-2;/h9,11H,3-8,10,19H2,1-2H3,(H,21,22);1H. The van der Waals surface area contributed by atoms with E-state index in [1.807, 2.05) is 0 Å². The normalized spacial score (nSPS) is 17.5. The van der Waals surface area contributed by atoms with Gasteiger partial charge in [0, 0.05) is 12.1 Å². The van der Waals surface area contributed by atoms with E-state index in [1.54, 1.807) is 0 Å². The van der Waals surface area contributed by atoms with Gasteiger partial charge in [-0.2, -0.15) is 0 Å². The molecule has 0 bridgehead atoms. The zero-order valence-electron chi connectivity index (χ0n) is 14.2. The first kappa shape index (κ1) is 20.9. The number of carboxylic acids is 1. The van der Waals surface area contributed by atoms with Crippen LogP contribution in [-0.2, 0) is 6.42 Å². The highest BCUT2D eigenvalue weighted by molar-refractivity contribution is 6.33. The number of ether oxygens (including phenoxy) is 1. The number of nitrogens with zero attached hydrogens (tertiary/aromatic N) is 1. The summed E-state index contributed by atoms with van der Waals surface area (Å²) in [6.45, 7) is 5.41. The van der Waals surface area contributed by atoms with Crippen LogP contribution in [0.1, 0.15) is 42.1 Å². The highest BCUT2D eigenvalue weighted by atomic mass is 35.5. The van der Waals surface area contributed by atoms with Crippen molar-refractivity contribution < 1.29 is 14.6 Å². The van der Waals surface area contributed by atoms with Crippen LogP contribution >= 0.6 is 24.0 Å². The Bertz CT molecular complexity index is 581. The maximum atomic E-state index is 11.4. The summed E-state index contributed by atoms with van der Waals surface area (Å²) in [6, 6.07) is 1.36. The minimum Gasteiger partial charge on any atom is -0.495 e. The predicted octanol–water partition coefficient (Wildman–Crippen LogP) is 3.72. The number of methoxy groups -OCH3 is 1. The van der Waals surface area contributed by atoms with Crippen molar-refractivity contribution in [3.05, 3.63) is 22.2 Å². The lowest BCUT2D eigenvalue weighted by atomic mass is 9.94. The third-order valence-corrected chi connectivity index (χ3v) is 4.81. The van der Waals surface area contributed by atoms with Gasteiger partial charge in [0.25, 0.3) is 0 Å². The molecular weight excluding hydrogens is 351 g/mol. The molecule has 1 saturated heterocycles. The van der Waals surface area contributed by atoms with Gasteiger partial charge in [0.05, 0.1) is 17.8 Å². The van der Waals surface area contributed by atoms with Gasteiger partial charge in [-0.3, -0.25) is 0 Å². The molecule has 0 amide bonds. The van der Waals surface area contributed by atoms with Gasteiger partial charge in [0.2, 0.25) is 0 Å². The molecule has 1 aliphatic heterocycles. The van der Waals surface area contributed by atoms with Gasteiger partial charge in [0.15, 0.2) is 0 Å². The van der Waals surface area contributed by atoms with Crippen LogP contribution in [0.5, 0.6) is 5.75 Å². The number of carbonyl (C=O) groups is 1. The van der Waals surface area contributed by atoms with Gasteiger partial charge in [-0.1, -0.05) is 24.9 Å². The van der Waals surface area contributed by atoms with E-state index in [0.717, 1.165) is 31.6 Å². The Labute approximate surface area is 154 Å². The number of halogens is 2. The second-order valence-electron chi connectivity index (χ2n) is 6.15. The Balaban J connectivity index is 0.00000288. The summed E-state index contributed by atoms with van der Waals surface area (Å²) in [5.41, 5.74) is 7.33. The Morgan fingerprint density at radius 3 is 2.83 bits per heavy atom. The number of nitrogens with two attached hydrogens (primary N) is 1. The molecule has 136 valence electrons. The smallest absolute Gasteiger partial charge is 0.339 e. The molecule has 1 atom stereocenters. The van der Waals surface area contributed by atoms with Gasteiger partial charge < -0.3 is 20.5 Å². The molecule has 5 nitrogen and oxygen atoms in total. The van der Waals surface area contributed by atoms with Crippen LogP contribution in [0.15, 0.2) is 6.07 Å². The van der Waals surface area contributed by atoms with Crippen molar-refractivity contribution in [2.45, 2.75) is 32.6 Å². The Hall–Kier alpha value is -1.17. The fourth-order valence-electron chi connectivity index (χ4n) is 3.25. The first-order chi connectivity index (χ1) is 11.0. The maximum Gasteiger partial charge on any atom is 0.339 e. The SMILES string of the molecule is CCCCN1CCC(Cc2c(N)c(Cl)cc(C(=O)O)c2OC)C1.Cl. The molecule has 0 saturated carbocycles. The maximum absolute atomic E-state index is 11.4. The Morgan fingerprint density at radius 1 is 1.54 bits per heavy atom. The topological polar surface area (TPSA) is 75.8 Å². The van der Waals surface area contributed by atoms with E-state index in [0.29, 0.717) is 23.8 Å². The van der Waals surface area contributed by atoms with E-state index >= 15 is 0 Å². The molecule has 0 radical (unpaired) electrons. The molecule has 0 spiro atoms. The van der Waals surface area contributed by atoms with E-state index in [1.165, 1.54) is 26.0 Å². The minimum atomic E-state index is -1.05. The quantitative estimate of drug-likeness (QED) is 0.709. The average molecular weight is 377 g/mol. The summed E-state index contributed by atoms with van der Waals surface area (Å²) in [7, 11) is 1.47. The molecule has 7 heteroatoms. The van der Waals surface area contributed by atoms with Gasteiger partial charge >= 0.3 is 5.97 Å². The molecule has 2 rings (SSSR count). The molecular formula is C17H26Cl2N2O3. The molecule has 1 heterocycles. The van der Waals surface area contributed by atoms with Crippen molar-refractivity contribution in [1.29, 1.82) is 0 Å². The molecule has 1 aliphatic rings. The summed E-state index contributed by atoms with van der Waals surface area (Å²) < 4.78 is 5.34. The highest BCUT2D eigenvalue weighted by Crippen LogP contribution is 2.37. The van der Waals surface area contributed by atoms with E-state index in [9.17, 15) is 9.90 Å². The molecule has 0 aromatic heterocycles. The molecule has 1 fully saturated rings. The predicted molar refractivity (Wildman–Crippen MR) is 99.8 cm³/mol. The van der Waals surface area contributed by atoms with Crippen molar-refractivity contribution in [3.8, 4) is 5.75 Å². The van der Waals surface area contributed by atoms with Gasteiger partial charge in [-0.05, 0) is 44.3 Å². The third-order valence-electron chi connectivity index (χ3n) is 4.50. The largest absolute Gasteiger partial charge is 0.495 e. The fourth-order valence-corrected chi connectivity index (χ4v) is 3.47. The zero-order chi connectivity index (χ0) is 17.0. The van der Waals surface area contributed by atoms with E-state index in [-0.39, 0.29) is 23.0 Å². The first-order valence-corrected chi connectivity index (χ1v) is 8.46. The number of nitrogen functional groups attached to an aromatic ring is 1. The second kappa shape index (κ2) is 9.35. The third kappa shape index (κ3) is 4.68. The number of unbranched alkanes of at least 4 members (excludes halogenated alkanes) is 1. The van der Waals surface area contributed by atoms with Gasteiger partial charge in [0.1, 0.15) is 11.3 Å². The number of aromatic carboxylic acids is 1. The minimum absolute atomic E-state index is 0. The van der Waals surface area contributed by atoms with Crippen LogP contribution in [0.3, 0.4) is 0 Å². The van der Waals surface area contributed by atoms with Crippen LogP contribution < -0.4 is 10.5 Å². The van der Waals surface area contributed by atoms with Crippen LogP contribution in [0.25, 0.3) is 0 Å². The van der Waals surface area contributed by atoms with Crippen molar-refractivity contribution in [1.82, 2.24) is 4.90 Å². The average Bonchev–Trinajstić information content (AvgIpc) is 2.97. The summed E-state index contributed by atoms with van der Waals surface area (Å²) in [6.07, 6.45) is 4.18. The van der Waals surface area contributed by atoms with Crippen LogP contribution in [-0.4, -0.2) is 42.7 Å². The number of hydrogen-bond acceptors (Lipinski definition) is 4. The molecule has 1 aromatic carbocycles. The number of rotatable bonds is 7. The first-order valence-electron chi connectivity index (χ1n) is 8.08. The Morgan fingerprint density at radius 2 is 2.25 bits per heavy atom. The van der Waals surface area contributed by atoms with Crippen LogP contribution in [0.4, 0.5) is 5.69 Å². The summed E-state index contributed by atoms with van der Waals surface area (Å²) in [5.74, 6) is -0.268. The lowest BCUT2D eigenvalue weighted by molar-refractivity contribution is 0.0693. The summed E-state index contributed by atoms with van der Waals surface area (Å²) >= 11 is 6.12. The van der Waals surface area contributed by atoms with Crippen molar-refractivity contribution >= 4 is 35.7 Å². The Kier molecular flexibility index (Phi) is 8.13. The molecule has 3 N–H and O–H groups in total. The summed E-state index contributed by atoms with van der Waals surface area (Å²) in [5, 5.41) is 9.63. The number of hydrogen-bond donors (Lipinski definition) is 2. The number of anilines is 1. The van der Waals surface area contributed by atoms with Crippen LogP contribution in [0, 0.1) is 5.92 Å². The number of carboxylic acid groups (broad SMARTS) is 1. The number of benzene rings is 1. The van der Waals surface area contributed by atoms with Gasteiger partial charge in [-0.15, -0.1) is 12.4 Å². The molecule has 24 heavy (non-hydrogen) atoms. The molecule has 0 aliphatic carbocycles.